The average molecular weight is 83.1 g/mol. The van der Waals surface area contributed by atoms with Gasteiger partial charge in [0.15, 0.2) is 0 Å². The van der Waals surface area contributed by atoms with Gasteiger partial charge in [-0.1, -0.05) is 4.91 Å². The van der Waals surface area contributed by atoms with Crippen LogP contribution >= 0.6 is 0 Å². The van der Waals surface area contributed by atoms with Crippen molar-refractivity contribution in [3.05, 3.63) is 12.4 Å². The Labute approximate surface area is 34.5 Å². The summed E-state index contributed by atoms with van der Waals surface area (Å²) in [5.74, 6) is 4.94. The third kappa shape index (κ3) is 0.314. The van der Waals surface area contributed by atoms with Crippen molar-refractivity contribution in [2.45, 2.75) is 0 Å². The molecule has 1 aromatic rings. The van der Waals surface area contributed by atoms with Crippen LogP contribution in [0.3, 0.4) is 0 Å². The van der Waals surface area contributed by atoms with Crippen LogP contribution in [0.15, 0.2) is 6.20 Å². The lowest BCUT2D eigenvalue weighted by Gasteiger charge is -1.75. The fourth-order valence-corrected chi connectivity index (χ4v) is 0.196. The minimum absolute atomic E-state index is 0.944. The van der Waals surface area contributed by atoms with Crippen LogP contribution in [-0.2, 0) is 0 Å². The van der Waals surface area contributed by atoms with Crippen molar-refractivity contribution in [1.29, 1.82) is 0 Å². The van der Waals surface area contributed by atoms with Gasteiger partial charge in [0.05, 0.1) is 6.20 Å². The third-order valence-corrected chi connectivity index (χ3v) is 0.394. The van der Waals surface area contributed by atoms with Crippen molar-refractivity contribution in [3.63, 3.8) is 0 Å². The summed E-state index contributed by atoms with van der Waals surface area (Å²) in [4.78, 5) is 0.944. The zero-order valence-electron chi connectivity index (χ0n) is 3.00. The van der Waals surface area contributed by atoms with Gasteiger partial charge in [0, 0.05) is 0 Å². The van der Waals surface area contributed by atoms with Gasteiger partial charge >= 0.3 is 0 Å². The molecule has 1 radical (unpaired) electrons. The normalized spacial score (nSPS) is 8.67. The highest BCUT2D eigenvalue weighted by Crippen LogP contribution is 1.59. The van der Waals surface area contributed by atoms with Crippen molar-refractivity contribution < 1.29 is 0 Å². The largest absolute Gasteiger partial charge is 0.306 e. The minimum atomic E-state index is 0.944. The molecule has 0 aliphatic rings. The lowest BCUT2D eigenvalue weighted by Crippen LogP contribution is -2.10. The van der Waals surface area contributed by atoms with E-state index in [0.717, 1.165) is 4.91 Å². The number of hydrogen-bond donors (Lipinski definition) is 1. The Hall–Kier alpha value is -1.06. The van der Waals surface area contributed by atoms with Gasteiger partial charge in [-0.25, -0.2) is 0 Å². The molecule has 0 aromatic carbocycles. The van der Waals surface area contributed by atoms with E-state index in [-0.39, 0.29) is 0 Å². The van der Waals surface area contributed by atoms with E-state index >= 15 is 0 Å². The first-order chi connectivity index (χ1) is 2.89. The Balaban J connectivity index is 3.05. The summed E-state index contributed by atoms with van der Waals surface area (Å²) < 4.78 is 0. The summed E-state index contributed by atoms with van der Waals surface area (Å²) in [5.41, 5.74) is 0. The summed E-state index contributed by atoms with van der Waals surface area (Å²) in [7, 11) is 0. The maximum Gasteiger partial charge on any atom is 0.137 e. The van der Waals surface area contributed by atoms with E-state index in [0.29, 0.717) is 0 Å². The molecule has 0 saturated carbocycles. The van der Waals surface area contributed by atoms with E-state index < -0.39 is 0 Å². The van der Waals surface area contributed by atoms with Crippen molar-refractivity contribution in [2.75, 3.05) is 5.84 Å². The molecule has 0 saturated heterocycles. The summed E-state index contributed by atoms with van der Waals surface area (Å²) >= 11 is 0. The fraction of sp³-hybridized carbons (Fsp3) is 0. The maximum atomic E-state index is 4.94. The van der Waals surface area contributed by atoms with Gasteiger partial charge in [-0.05, 0) is 0 Å². The highest BCUT2D eigenvalue weighted by Gasteiger charge is 1.72. The standard InChI is InChI=1S/C2H3N4/c3-6-4-1-2-5-6/h1H,3H2. The molecule has 1 heterocycles. The highest BCUT2D eigenvalue weighted by atomic mass is 15.6. The third-order valence-electron chi connectivity index (χ3n) is 0.394. The summed E-state index contributed by atoms with van der Waals surface area (Å²) in [6.45, 7) is 0. The Bertz CT molecular complexity index is 109. The quantitative estimate of drug-likeness (QED) is 0.400. The zero-order valence-corrected chi connectivity index (χ0v) is 3.00. The molecule has 1 rings (SSSR count). The molecule has 2 N–H and O–H groups in total. The number of nitrogen functional groups attached to an aromatic ring is 1. The SMILES string of the molecule is Nn1n[c]cn1. The van der Waals surface area contributed by atoms with Crippen LogP contribution in [0.25, 0.3) is 0 Å². The van der Waals surface area contributed by atoms with E-state index in [2.05, 4.69) is 16.4 Å². The molecule has 0 bridgehead atoms. The molecule has 31 valence electrons. The van der Waals surface area contributed by atoms with Gasteiger partial charge < -0.3 is 5.84 Å². The van der Waals surface area contributed by atoms with Gasteiger partial charge in [-0.3, -0.25) is 0 Å². The first-order valence-electron chi connectivity index (χ1n) is 1.43. The van der Waals surface area contributed by atoms with Gasteiger partial charge in [-0.15, -0.1) is 10.2 Å². The monoisotopic (exact) mass is 83.0 g/mol. The zero-order chi connectivity index (χ0) is 4.41. The summed E-state index contributed by atoms with van der Waals surface area (Å²) in [6, 6.07) is 0. The van der Waals surface area contributed by atoms with E-state index in [1.807, 2.05) is 0 Å². The molecule has 0 fully saturated rings. The number of aromatic nitrogens is 3. The fourth-order valence-electron chi connectivity index (χ4n) is 0.196. The van der Waals surface area contributed by atoms with E-state index in [1.165, 1.54) is 6.20 Å². The summed E-state index contributed by atoms with van der Waals surface area (Å²) in [6.07, 6.45) is 3.80. The van der Waals surface area contributed by atoms with Gasteiger partial charge in [0.2, 0.25) is 0 Å². The lowest BCUT2D eigenvalue weighted by atomic mass is 11.0. The Morgan fingerprint density at radius 3 is 2.83 bits per heavy atom. The number of hydrogen-bond acceptors (Lipinski definition) is 3. The number of rotatable bonds is 0. The number of nitrogens with two attached hydrogens (primary N) is 1. The average Bonchev–Trinajstić information content (AvgIpc) is 1.86. The van der Waals surface area contributed by atoms with Crippen LogP contribution in [0.4, 0.5) is 0 Å². The minimum Gasteiger partial charge on any atom is -0.306 e. The smallest absolute Gasteiger partial charge is 0.137 e. The van der Waals surface area contributed by atoms with Gasteiger partial charge in [-0.2, -0.15) is 0 Å². The summed E-state index contributed by atoms with van der Waals surface area (Å²) in [5, 5.41) is 6.82. The van der Waals surface area contributed by atoms with Crippen LogP contribution in [-0.4, -0.2) is 15.1 Å². The molecule has 4 nitrogen and oxygen atoms in total. The van der Waals surface area contributed by atoms with E-state index in [1.54, 1.807) is 0 Å². The van der Waals surface area contributed by atoms with Crippen LogP contribution < -0.4 is 5.84 Å². The molecule has 4 heteroatoms. The Kier molecular flexibility index (Phi) is 0.506. The first kappa shape index (κ1) is 3.14. The van der Waals surface area contributed by atoms with Gasteiger partial charge in [0.1, 0.15) is 6.20 Å². The van der Waals surface area contributed by atoms with Crippen molar-refractivity contribution >= 4 is 0 Å². The second-order valence-corrected chi connectivity index (χ2v) is 0.794. The van der Waals surface area contributed by atoms with Crippen LogP contribution in [0.1, 0.15) is 0 Å². The molecule has 0 spiro atoms. The van der Waals surface area contributed by atoms with E-state index in [4.69, 9.17) is 5.84 Å². The molecule has 0 aliphatic heterocycles. The van der Waals surface area contributed by atoms with Crippen LogP contribution in [0.2, 0.25) is 0 Å². The first-order valence-corrected chi connectivity index (χ1v) is 1.43. The second kappa shape index (κ2) is 0.965. The Morgan fingerprint density at radius 2 is 2.67 bits per heavy atom. The lowest BCUT2D eigenvalue weighted by molar-refractivity contribution is 0.706. The van der Waals surface area contributed by atoms with Crippen molar-refractivity contribution in [2.24, 2.45) is 0 Å². The van der Waals surface area contributed by atoms with Crippen molar-refractivity contribution in [1.82, 2.24) is 15.1 Å². The topological polar surface area (TPSA) is 56.7 Å². The predicted octanol–water partition coefficient (Wildman–Crippen LogP) is -1.21. The molecular formula is C2H3N4. The molecule has 0 aliphatic carbocycles. The predicted molar refractivity (Wildman–Crippen MR) is 19.0 cm³/mol. The molecule has 0 atom stereocenters. The van der Waals surface area contributed by atoms with Crippen LogP contribution in [0.5, 0.6) is 0 Å². The van der Waals surface area contributed by atoms with E-state index in [9.17, 15) is 0 Å². The molecule has 1 aromatic heterocycles. The maximum absolute atomic E-state index is 4.94. The molecule has 0 unspecified atom stereocenters. The second-order valence-electron chi connectivity index (χ2n) is 0.794. The molecule has 6 heavy (non-hydrogen) atoms. The van der Waals surface area contributed by atoms with Crippen LogP contribution in [0, 0.1) is 6.20 Å². The highest BCUT2D eigenvalue weighted by molar-refractivity contribution is 4.54. The van der Waals surface area contributed by atoms with Gasteiger partial charge in [0.25, 0.3) is 0 Å². The molecular weight excluding hydrogens is 80.0 g/mol. The number of nitrogens with zero attached hydrogens (tertiary/aromatic N) is 3. The van der Waals surface area contributed by atoms with Crippen molar-refractivity contribution in [3.8, 4) is 0 Å². The Morgan fingerprint density at radius 1 is 1.83 bits per heavy atom. The molecule has 0 amide bonds.